The van der Waals surface area contributed by atoms with Gasteiger partial charge in [-0.1, -0.05) is 49.4 Å². The lowest BCUT2D eigenvalue weighted by atomic mass is 9.94. The van der Waals surface area contributed by atoms with Crippen LogP contribution in [0.3, 0.4) is 0 Å². The molecule has 0 spiro atoms. The Balaban J connectivity index is 2.24. The third kappa shape index (κ3) is 2.80. The summed E-state index contributed by atoms with van der Waals surface area (Å²) in [7, 11) is 0. The van der Waals surface area contributed by atoms with E-state index in [1.807, 2.05) is 12.1 Å². The Labute approximate surface area is 106 Å². The van der Waals surface area contributed by atoms with Crippen LogP contribution >= 0.6 is 0 Å². The van der Waals surface area contributed by atoms with Crippen LogP contribution in [0.25, 0.3) is 10.8 Å². The summed E-state index contributed by atoms with van der Waals surface area (Å²) in [4.78, 5) is 10.6. The lowest BCUT2D eigenvalue weighted by Gasteiger charge is -2.15. The maximum atomic E-state index is 10.6. The molecule has 94 valence electrons. The first-order valence-corrected chi connectivity index (χ1v) is 6.16. The van der Waals surface area contributed by atoms with Gasteiger partial charge in [0.05, 0.1) is 0 Å². The van der Waals surface area contributed by atoms with Gasteiger partial charge < -0.3 is 10.4 Å². The average Bonchev–Trinajstić information content (AvgIpc) is 2.39. The van der Waals surface area contributed by atoms with Crippen molar-refractivity contribution in [1.29, 1.82) is 0 Å². The fraction of sp³-hybridized carbons (Fsp3) is 0.267. The molecule has 0 saturated carbocycles. The van der Waals surface area contributed by atoms with Gasteiger partial charge in [-0.25, -0.2) is 4.79 Å². The van der Waals surface area contributed by atoms with Crippen LogP contribution in [0, 0.1) is 0 Å². The standard InChI is InChI=1S/C15H17NO2/c1-2-11(10-16-15(17)18)14-8-7-12-5-3-4-6-13(12)9-14/h3-9,11,16H,2,10H2,1H3,(H,17,18)/t11-/m0/s1. The van der Waals surface area contributed by atoms with Gasteiger partial charge in [-0.05, 0) is 22.8 Å². The summed E-state index contributed by atoms with van der Waals surface area (Å²) in [6.07, 6.45) is -0.0484. The molecular weight excluding hydrogens is 226 g/mol. The number of carboxylic acid groups (broad SMARTS) is 1. The van der Waals surface area contributed by atoms with E-state index in [-0.39, 0.29) is 5.92 Å². The molecule has 1 atom stereocenters. The molecular formula is C15H17NO2. The van der Waals surface area contributed by atoms with E-state index in [0.29, 0.717) is 6.54 Å². The lowest BCUT2D eigenvalue weighted by Crippen LogP contribution is -2.26. The molecule has 2 N–H and O–H groups in total. The molecule has 0 saturated heterocycles. The van der Waals surface area contributed by atoms with Crippen LogP contribution in [0.5, 0.6) is 0 Å². The molecule has 0 aromatic heterocycles. The van der Waals surface area contributed by atoms with Gasteiger partial charge in [0.1, 0.15) is 0 Å². The van der Waals surface area contributed by atoms with Crippen molar-refractivity contribution in [2.24, 2.45) is 0 Å². The number of hydrogen-bond donors (Lipinski definition) is 2. The van der Waals surface area contributed by atoms with E-state index >= 15 is 0 Å². The number of fused-ring (bicyclic) bond motifs is 1. The van der Waals surface area contributed by atoms with E-state index in [1.54, 1.807) is 0 Å². The molecule has 1 amide bonds. The van der Waals surface area contributed by atoms with Crippen molar-refractivity contribution in [2.75, 3.05) is 6.54 Å². The molecule has 3 nitrogen and oxygen atoms in total. The topological polar surface area (TPSA) is 49.3 Å². The zero-order valence-corrected chi connectivity index (χ0v) is 10.4. The molecule has 0 fully saturated rings. The second-order valence-corrected chi connectivity index (χ2v) is 4.40. The normalized spacial score (nSPS) is 12.3. The zero-order chi connectivity index (χ0) is 13.0. The van der Waals surface area contributed by atoms with E-state index in [4.69, 9.17) is 5.11 Å². The van der Waals surface area contributed by atoms with Gasteiger partial charge in [-0.2, -0.15) is 0 Å². The maximum Gasteiger partial charge on any atom is 0.404 e. The summed E-state index contributed by atoms with van der Waals surface area (Å²) in [6, 6.07) is 14.5. The van der Waals surface area contributed by atoms with Crippen molar-refractivity contribution in [3.05, 3.63) is 48.0 Å². The Morgan fingerprint density at radius 1 is 1.22 bits per heavy atom. The lowest BCUT2D eigenvalue weighted by molar-refractivity contribution is 0.193. The summed E-state index contributed by atoms with van der Waals surface area (Å²) in [5.41, 5.74) is 1.19. The maximum absolute atomic E-state index is 10.6. The minimum Gasteiger partial charge on any atom is -0.465 e. The fourth-order valence-electron chi connectivity index (χ4n) is 2.17. The van der Waals surface area contributed by atoms with Crippen molar-refractivity contribution in [2.45, 2.75) is 19.3 Å². The number of benzene rings is 2. The average molecular weight is 243 g/mol. The molecule has 0 unspecified atom stereocenters. The summed E-state index contributed by atoms with van der Waals surface area (Å²) in [5.74, 6) is 0.228. The largest absolute Gasteiger partial charge is 0.465 e. The van der Waals surface area contributed by atoms with Crippen LogP contribution in [0.15, 0.2) is 42.5 Å². The fourth-order valence-corrected chi connectivity index (χ4v) is 2.17. The first-order valence-electron chi connectivity index (χ1n) is 6.16. The third-order valence-electron chi connectivity index (χ3n) is 3.24. The van der Waals surface area contributed by atoms with Crippen LogP contribution in [-0.4, -0.2) is 17.7 Å². The number of nitrogens with one attached hydrogen (secondary N) is 1. The highest BCUT2D eigenvalue weighted by molar-refractivity contribution is 5.83. The molecule has 0 aliphatic carbocycles. The minimum atomic E-state index is -0.964. The van der Waals surface area contributed by atoms with E-state index in [2.05, 4.69) is 42.6 Å². The predicted octanol–water partition coefficient (Wildman–Crippen LogP) is 3.60. The van der Waals surface area contributed by atoms with E-state index < -0.39 is 6.09 Å². The van der Waals surface area contributed by atoms with Crippen molar-refractivity contribution in [3.63, 3.8) is 0 Å². The van der Waals surface area contributed by atoms with E-state index in [1.165, 1.54) is 16.3 Å². The Kier molecular flexibility index (Phi) is 3.82. The SMILES string of the molecule is CC[C@@H](CNC(=O)O)c1ccc2ccccc2c1. The molecule has 2 rings (SSSR count). The number of hydrogen-bond acceptors (Lipinski definition) is 1. The van der Waals surface area contributed by atoms with Gasteiger partial charge in [-0.3, -0.25) is 0 Å². The Bertz CT molecular complexity index is 551. The Morgan fingerprint density at radius 3 is 2.61 bits per heavy atom. The van der Waals surface area contributed by atoms with Crippen LogP contribution in [0.2, 0.25) is 0 Å². The monoisotopic (exact) mass is 243 g/mol. The summed E-state index contributed by atoms with van der Waals surface area (Å²) in [6.45, 7) is 2.54. The second-order valence-electron chi connectivity index (χ2n) is 4.40. The van der Waals surface area contributed by atoms with Crippen molar-refractivity contribution >= 4 is 16.9 Å². The molecule has 0 aliphatic rings. The highest BCUT2D eigenvalue weighted by Crippen LogP contribution is 2.23. The first-order chi connectivity index (χ1) is 8.70. The third-order valence-corrected chi connectivity index (χ3v) is 3.24. The predicted molar refractivity (Wildman–Crippen MR) is 73.0 cm³/mol. The number of rotatable bonds is 4. The first kappa shape index (κ1) is 12.4. The smallest absolute Gasteiger partial charge is 0.404 e. The van der Waals surface area contributed by atoms with Gasteiger partial charge in [0.15, 0.2) is 0 Å². The molecule has 2 aromatic carbocycles. The van der Waals surface area contributed by atoms with E-state index in [0.717, 1.165) is 6.42 Å². The molecule has 0 heterocycles. The highest BCUT2D eigenvalue weighted by atomic mass is 16.4. The van der Waals surface area contributed by atoms with Crippen LogP contribution < -0.4 is 5.32 Å². The molecule has 0 radical (unpaired) electrons. The van der Waals surface area contributed by atoms with Gasteiger partial charge >= 0.3 is 6.09 Å². The zero-order valence-electron chi connectivity index (χ0n) is 10.4. The number of amides is 1. The van der Waals surface area contributed by atoms with Crippen LogP contribution in [-0.2, 0) is 0 Å². The molecule has 3 heteroatoms. The van der Waals surface area contributed by atoms with Crippen molar-refractivity contribution < 1.29 is 9.90 Å². The molecule has 0 bridgehead atoms. The Hall–Kier alpha value is -2.03. The quantitative estimate of drug-likeness (QED) is 0.862. The van der Waals surface area contributed by atoms with Crippen molar-refractivity contribution in [1.82, 2.24) is 5.32 Å². The minimum absolute atomic E-state index is 0.228. The highest BCUT2D eigenvalue weighted by Gasteiger charge is 2.10. The second kappa shape index (κ2) is 5.54. The summed E-state index contributed by atoms with van der Waals surface area (Å²) in [5, 5.41) is 13.5. The molecule has 2 aromatic rings. The van der Waals surface area contributed by atoms with E-state index in [9.17, 15) is 4.79 Å². The van der Waals surface area contributed by atoms with Gasteiger partial charge in [0.25, 0.3) is 0 Å². The molecule has 0 aliphatic heterocycles. The molecule has 18 heavy (non-hydrogen) atoms. The van der Waals surface area contributed by atoms with Gasteiger partial charge in [0, 0.05) is 12.5 Å². The number of carbonyl (C=O) groups is 1. The van der Waals surface area contributed by atoms with Crippen LogP contribution in [0.4, 0.5) is 4.79 Å². The van der Waals surface area contributed by atoms with Gasteiger partial charge in [-0.15, -0.1) is 0 Å². The van der Waals surface area contributed by atoms with Gasteiger partial charge in [0.2, 0.25) is 0 Å². The summed E-state index contributed by atoms with van der Waals surface area (Å²) < 4.78 is 0. The van der Waals surface area contributed by atoms with Crippen molar-refractivity contribution in [3.8, 4) is 0 Å². The summed E-state index contributed by atoms with van der Waals surface area (Å²) >= 11 is 0. The Morgan fingerprint density at radius 2 is 1.94 bits per heavy atom. The van der Waals surface area contributed by atoms with Crippen LogP contribution in [0.1, 0.15) is 24.8 Å².